The van der Waals surface area contributed by atoms with E-state index in [1.54, 1.807) is 18.2 Å². The zero-order valence-electron chi connectivity index (χ0n) is 18.0. The number of benzene rings is 3. The van der Waals surface area contributed by atoms with Crippen LogP contribution in [0.4, 0.5) is 0 Å². The minimum absolute atomic E-state index is 0.0528. The van der Waals surface area contributed by atoms with Crippen LogP contribution in [0, 0.1) is 0 Å². The predicted octanol–water partition coefficient (Wildman–Crippen LogP) is 2.27. The first kappa shape index (κ1) is 24.0. The van der Waals surface area contributed by atoms with E-state index in [0.29, 0.717) is 16.7 Å². The topological polar surface area (TPSA) is 159 Å². The Hall–Kier alpha value is -4.66. The molecule has 176 valence electrons. The number of hydrogen-bond acceptors (Lipinski definition) is 7. The predicted molar refractivity (Wildman–Crippen MR) is 124 cm³/mol. The van der Waals surface area contributed by atoms with Crippen molar-refractivity contribution in [1.82, 2.24) is 10.6 Å². The van der Waals surface area contributed by atoms with Crippen LogP contribution in [0.25, 0.3) is 6.08 Å². The molecule has 34 heavy (non-hydrogen) atoms. The fourth-order valence-corrected chi connectivity index (χ4v) is 3.10. The van der Waals surface area contributed by atoms with E-state index >= 15 is 0 Å². The summed E-state index contributed by atoms with van der Waals surface area (Å²) in [6.07, 6.45) is 2.76. The SMILES string of the molecule is O=C(/C=C/c1ccc(O)c(O)c1)N[C@@H](Cc1ccc(O)cc1)C(=O)NCc1ccc(O)c(O)c1. The largest absolute Gasteiger partial charge is 0.508 e. The van der Waals surface area contributed by atoms with Gasteiger partial charge in [0.2, 0.25) is 11.8 Å². The van der Waals surface area contributed by atoms with Gasteiger partial charge in [0.1, 0.15) is 11.8 Å². The van der Waals surface area contributed by atoms with Crippen LogP contribution in [-0.4, -0.2) is 43.4 Å². The average molecular weight is 464 g/mol. The molecule has 0 fully saturated rings. The van der Waals surface area contributed by atoms with Crippen molar-refractivity contribution in [1.29, 1.82) is 0 Å². The fraction of sp³-hybridized carbons (Fsp3) is 0.120. The van der Waals surface area contributed by atoms with Crippen LogP contribution in [0.3, 0.4) is 0 Å². The molecule has 0 saturated heterocycles. The molecule has 7 N–H and O–H groups in total. The van der Waals surface area contributed by atoms with Crippen molar-refractivity contribution >= 4 is 17.9 Å². The summed E-state index contributed by atoms with van der Waals surface area (Å²) < 4.78 is 0. The smallest absolute Gasteiger partial charge is 0.244 e. The second-order valence-corrected chi connectivity index (χ2v) is 7.55. The molecule has 0 heterocycles. The van der Waals surface area contributed by atoms with Crippen LogP contribution in [0.15, 0.2) is 66.7 Å². The van der Waals surface area contributed by atoms with Gasteiger partial charge in [0.15, 0.2) is 23.0 Å². The van der Waals surface area contributed by atoms with Gasteiger partial charge in [-0.3, -0.25) is 9.59 Å². The molecule has 0 saturated carbocycles. The number of phenols is 5. The Morgan fingerprint density at radius 2 is 1.38 bits per heavy atom. The van der Waals surface area contributed by atoms with Gasteiger partial charge >= 0.3 is 0 Å². The molecule has 2 amide bonds. The molecule has 3 rings (SSSR count). The molecule has 0 aliphatic carbocycles. The van der Waals surface area contributed by atoms with Crippen molar-refractivity contribution < 1.29 is 35.1 Å². The molecule has 3 aromatic carbocycles. The lowest BCUT2D eigenvalue weighted by Crippen LogP contribution is -2.47. The Balaban J connectivity index is 1.70. The van der Waals surface area contributed by atoms with Crippen molar-refractivity contribution in [3.05, 3.63) is 83.4 Å². The van der Waals surface area contributed by atoms with Gasteiger partial charge in [0.25, 0.3) is 0 Å². The number of rotatable bonds is 8. The van der Waals surface area contributed by atoms with Crippen LogP contribution < -0.4 is 10.6 Å². The summed E-state index contributed by atoms with van der Waals surface area (Å²) in [4.78, 5) is 25.4. The Morgan fingerprint density at radius 3 is 2.03 bits per heavy atom. The number of hydrogen-bond donors (Lipinski definition) is 7. The first-order valence-electron chi connectivity index (χ1n) is 10.3. The number of nitrogens with one attached hydrogen (secondary N) is 2. The lowest BCUT2D eigenvalue weighted by molar-refractivity contribution is -0.127. The quantitative estimate of drug-likeness (QED) is 0.199. The van der Waals surface area contributed by atoms with Crippen LogP contribution in [0.1, 0.15) is 16.7 Å². The van der Waals surface area contributed by atoms with Crippen molar-refractivity contribution in [3.63, 3.8) is 0 Å². The highest BCUT2D eigenvalue weighted by atomic mass is 16.3. The third kappa shape index (κ3) is 6.67. The van der Waals surface area contributed by atoms with Gasteiger partial charge in [0.05, 0.1) is 0 Å². The number of phenolic OH excluding ortho intramolecular Hbond substituents is 5. The summed E-state index contributed by atoms with van der Waals surface area (Å²) in [5.74, 6) is -2.17. The molecule has 3 aromatic rings. The zero-order chi connectivity index (χ0) is 24.7. The molecule has 0 spiro atoms. The minimum Gasteiger partial charge on any atom is -0.508 e. The van der Waals surface area contributed by atoms with E-state index in [0.717, 1.165) is 0 Å². The van der Waals surface area contributed by atoms with Crippen molar-refractivity contribution in [2.45, 2.75) is 19.0 Å². The summed E-state index contributed by atoms with van der Waals surface area (Å²) >= 11 is 0. The lowest BCUT2D eigenvalue weighted by Gasteiger charge is -2.18. The first-order chi connectivity index (χ1) is 16.2. The molecule has 0 radical (unpaired) electrons. The highest BCUT2D eigenvalue weighted by molar-refractivity contribution is 5.95. The van der Waals surface area contributed by atoms with Gasteiger partial charge < -0.3 is 36.2 Å². The highest BCUT2D eigenvalue weighted by Gasteiger charge is 2.20. The van der Waals surface area contributed by atoms with E-state index < -0.39 is 17.9 Å². The minimum atomic E-state index is -0.958. The second kappa shape index (κ2) is 10.8. The maximum absolute atomic E-state index is 12.9. The number of carbonyl (C=O) groups excluding carboxylic acids is 2. The molecule has 0 aliphatic rings. The van der Waals surface area contributed by atoms with Crippen molar-refractivity contribution in [3.8, 4) is 28.7 Å². The van der Waals surface area contributed by atoms with Gasteiger partial charge in [-0.1, -0.05) is 24.3 Å². The van der Waals surface area contributed by atoms with E-state index in [1.165, 1.54) is 54.6 Å². The standard InChI is InChI=1S/C25H24N2O7/c28-18-6-1-15(2-7-18)11-19(25(34)26-14-17-4-9-21(30)23(32)13-17)27-24(33)10-5-16-3-8-20(29)22(31)12-16/h1-10,12-13,19,28-32H,11,14H2,(H,26,34)(H,27,33)/b10-5+/t19-/m0/s1. The van der Waals surface area contributed by atoms with Gasteiger partial charge in [-0.05, 0) is 59.2 Å². The van der Waals surface area contributed by atoms with Crippen LogP contribution >= 0.6 is 0 Å². The molecule has 0 unspecified atom stereocenters. The summed E-state index contributed by atoms with van der Waals surface area (Å²) in [6, 6.07) is 13.5. The average Bonchev–Trinajstić information content (AvgIpc) is 2.81. The molecule has 0 aliphatic heterocycles. The van der Waals surface area contributed by atoms with Gasteiger partial charge in [-0.15, -0.1) is 0 Å². The molecule has 9 heteroatoms. The van der Waals surface area contributed by atoms with Crippen molar-refractivity contribution in [2.75, 3.05) is 0 Å². The van der Waals surface area contributed by atoms with Crippen LogP contribution in [0.5, 0.6) is 28.7 Å². The second-order valence-electron chi connectivity index (χ2n) is 7.55. The monoisotopic (exact) mass is 464 g/mol. The normalized spacial score (nSPS) is 11.8. The molecular formula is C25H24N2O7. The Bertz CT molecular complexity index is 1210. The maximum Gasteiger partial charge on any atom is 0.244 e. The number of carbonyl (C=O) groups is 2. The number of aromatic hydroxyl groups is 5. The van der Waals surface area contributed by atoms with Crippen LogP contribution in [-0.2, 0) is 22.6 Å². The summed E-state index contributed by atoms with van der Waals surface area (Å²) in [7, 11) is 0. The van der Waals surface area contributed by atoms with E-state index in [2.05, 4.69) is 10.6 Å². The van der Waals surface area contributed by atoms with Gasteiger partial charge in [-0.2, -0.15) is 0 Å². The summed E-state index contributed by atoms with van der Waals surface area (Å²) in [5.41, 5.74) is 1.72. The summed E-state index contributed by atoms with van der Waals surface area (Å²) in [6.45, 7) is 0.0528. The molecule has 0 aromatic heterocycles. The molecule has 9 nitrogen and oxygen atoms in total. The first-order valence-corrected chi connectivity index (χ1v) is 10.3. The highest BCUT2D eigenvalue weighted by Crippen LogP contribution is 2.26. The fourth-order valence-electron chi connectivity index (χ4n) is 3.10. The zero-order valence-corrected chi connectivity index (χ0v) is 18.0. The van der Waals surface area contributed by atoms with E-state index in [9.17, 15) is 35.1 Å². The van der Waals surface area contributed by atoms with Crippen LogP contribution in [0.2, 0.25) is 0 Å². The lowest BCUT2D eigenvalue weighted by atomic mass is 10.0. The van der Waals surface area contributed by atoms with E-state index in [1.807, 2.05) is 0 Å². The van der Waals surface area contributed by atoms with E-state index in [4.69, 9.17) is 0 Å². The maximum atomic E-state index is 12.9. The molecule has 0 bridgehead atoms. The molecular weight excluding hydrogens is 440 g/mol. The number of amides is 2. The Morgan fingerprint density at radius 1 is 0.765 bits per heavy atom. The Kier molecular flexibility index (Phi) is 7.60. The third-order valence-electron chi connectivity index (χ3n) is 4.94. The molecule has 1 atom stereocenters. The summed E-state index contributed by atoms with van der Waals surface area (Å²) in [5, 5.41) is 52.8. The third-order valence-corrected chi connectivity index (χ3v) is 4.94. The Labute approximate surface area is 195 Å². The van der Waals surface area contributed by atoms with E-state index in [-0.39, 0.29) is 41.7 Å². The van der Waals surface area contributed by atoms with Gasteiger partial charge in [-0.25, -0.2) is 0 Å². The van der Waals surface area contributed by atoms with Gasteiger partial charge in [0, 0.05) is 19.0 Å². The van der Waals surface area contributed by atoms with Crippen molar-refractivity contribution in [2.24, 2.45) is 0 Å².